The van der Waals surface area contributed by atoms with Gasteiger partial charge in [0.15, 0.2) is 0 Å². The van der Waals surface area contributed by atoms with E-state index in [4.69, 9.17) is 10.1 Å². The quantitative estimate of drug-likeness (QED) is 0.347. The average molecular weight is 461 g/mol. The molecule has 6 rings (SSSR count). The molecular weight excluding hydrogens is 435 g/mol. The summed E-state index contributed by atoms with van der Waals surface area (Å²) in [5.74, 6) is 0.858. The van der Waals surface area contributed by atoms with E-state index in [0.29, 0.717) is 0 Å². The Morgan fingerprint density at radius 1 is 0.647 bits per heavy atom. The summed E-state index contributed by atoms with van der Waals surface area (Å²) in [5.41, 5.74) is 2.81. The van der Waals surface area contributed by atoms with Gasteiger partial charge in [-0.2, -0.15) is 0 Å². The Kier molecular flexibility index (Phi) is 5.16. The minimum absolute atomic E-state index is 0.771. The van der Waals surface area contributed by atoms with Crippen molar-refractivity contribution in [2.24, 2.45) is 0 Å². The maximum absolute atomic E-state index is 5.08. The van der Waals surface area contributed by atoms with Crippen molar-refractivity contribution in [1.29, 1.82) is 0 Å². The molecule has 34 heavy (non-hydrogen) atoms. The molecule has 6 aromatic rings. The number of pyridine rings is 2. The van der Waals surface area contributed by atoms with Crippen LogP contribution in [0.15, 0.2) is 115 Å². The van der Waals surface area contributed by atoms with Gasteiger partial charge in [-0.15, -0.1) is 0 Å². The van der Waals surface area contributed by atoms with E-state index in [1.54, 1.807) is 0 Å². The van der Waals surface area contributed by atoms with Crippen LogP contribution in [0.5, 0.6) is 0 Å². The van der Waals surface area contributed by atoms with Gasteiger partial charge in [-0.1, -0.05) is 0 Å². The fourth-order valence-corrected chi connectivity index (χ4v) is 9.50. The molecule has 0 aliphatic carbocycles. The first-order valence-corrected chi connectivity index (χ1v) is 13.7. The van der Waals surface area contributed by atoms with Gasteiger partial charge in [0, 0.05) is 0 Å². The van der Waals surface area contributed by atoms with Crippen molar-refractivity contribution < 1.29 is 0 Å². The molecule has 5 heteroatoms. The molecule has 0 fully saturated rings. The zero-order valence-electron chi connectivity index (χ0n) is 19.0. The third-order valence-electron chi connectivity index (χ3n) is 6.58. The average Bonchev–Trinajstić information content (AvgIpc) is 3.31. The van der Waals surface area contributed by atoms with Crippen molar-refractivity contribution in [3.05, 3.63) is 127 Å². The molecule has 3 aromatic heterocycles. The van der Waals surface area contributed by atoms with Crippen LogP contribution in [0.2, 0.25) is 0 Å². The molecule has 0 radical (unpaired) electrons. The summed E-state index contributed by atoms with van der Waals surface area (Å²) in [6, 6.07) is 38.9. The molecule has 0 unspecified atom stereocenters. The molecule has 0 bridgehead atoms. The van der Waals surface area contributed by atoms with Crippen LogP contribution in [0.3, 0.4) is 0 Å². The zero-order valence-corrected chi connectivity index (χ0v) is 20.0. The molecule has 0 aliphatic heterocycles. The summed E-state index contributed by atoms with van der Waals surface area (Å²) < 4.78 is 1.90. The first kappa shape index (κ1) is 20.7. The molecular formula is C29H25N4P. The van der Waals surface area contributed by atoms with Crippen LogP contribution in [-0.4, -0.2) is 19.6 Å². The third kappa shape index (κ3) is 3.48. The Morgan fingerprint density at radius 2 is 1.21 bits per heavy atom. The number of aryl methyl sites for hydroxylation is 1. The molecule has 0 saturated heterocycles. The van der Waals surface area contributed by atoms with Crippen molar-refractivity contribution >= 4 is 39.7 Å². The first-order valence-electron chi connectivity index (χ1n) is 11.5. The van der Waals surface area contributed by atoms with Crippen molar-refractivity contribution in [3.8, 4) is 0 Å². The minimum atomic E-state index is -2.46. The Morgan fingerprint density at radius 3 is 1.76 bits per heavy atom. The van der Waals surface area contributed by atoms with Gasteiger partial charge >= 0.3 is 199 Å². The normalized spacial score (nSPS) is 12.3. The van der Waals surface area contributed by atoms with E-state index >= 15 is 0 Å². The molecule has 4 nitrogen and oxygen atoms in total. The summed E-state index contributed by atoms with van der Waals surface area (Å²) in [7, 11) is -2.46. The SMILES string of the molecule is Cc1ccc2c(ccn3nc(C[PH](c4ccccc4)(c4ccccc4)c4ccccc4)nc23)n1. The van der Waals surface area contributed by atoms with E-state index in [0.717, 1.165) is 34.2 Å². The van der Waals surface area contributed by atoms with Crippen LogP contribution in [0.1, 0.15) is 11.5 Å². The van der Waals surface area contributed by atoms with Gasteiger partial charge < -0.3 is 0 Å². The predicted octanol–water partition coefficient (Wildman–Crippen LogP) is 4.81. The summed E-state index contributed by atoms with van der Waals surface area (Å²) in [6.07, 6.45) is 2.74. The third-order valence-corrected chi connectivity index (χ3v) is 11.4. The zero-order chi connectivity index (χ0) is 23.0. The number of fused-ring (bicyclic) bond motifs is 3. The van der Waals surface area contributed by atoms with Gasteiger partial charge in [0.25, 0.3) is 0 Å². The Hall–Kier alpha value is -3.88. The second-order valence-corrected chi connectivity index (χ2v) is 12.6. The van der Waals surface area contributed by atoms with Gasteiger partial charge in [0.2, 0.25) is 0 Å². The van der Waals surface area contributed by atoms with Gasteiger partial charge in [0.05, 0.1) is 0 Å². The van der Waals surface area contributed by atoms with Crippen LogP contribution >= 0.6 is 7.26 Å². The summed E-state index contributed by atoms with van der Waals surface area (Å²) >= 11 is 0. The number of rotatable bonds is 5. The van der Waals surface area contributed by atoms with Crippen molar-refractivity contribution in [3.63, 3.8) is 0 Å². The first-order chi connectivity index (χ1) is 16.7. The molecule has 166 valence electrons. The van der Waals surface area contributed by atoms with Gasteiger partial charge in [-0.25, -0.2) is 0 Å². The van der Waals surface area contributed by atoms with Crippen molar-refractivity contribution in [1.82, 2.24) is 19.6 Å². The number of nitrogens with zero attached hydrogens (tertiary/aromatic N) is 4. The number of benzene rings is 3. The standard InChI is InChI=1S/C29H25N4P/c1-22-17-18-26-27(30-22)19-20-33-29(26)31-28(32-33)21-34(23-11-5-2-6-12-23,24-13-7-3-8-14-24)25-15-9-4-10-16-25/h2-20,34H,21H2,1H3. The molecule has 3 heterocycles. The Bertz CT molecular complexity index is 1480. The van der Waals surface area contributed by atoms with Crippen LogP contribution < -0.4 is 15.9 Å². The molecule has 0 aliphatic rings. The fraction of sp³-hybridized carbons (Fsp3) is 0.0690. The van der Waals surface area contributed by atoms with Crippen LogP contribution in [0.25, 0.3) is 16.6 Å². The summed E-state index contributed by atoms with van der Waals surface area (Å²) in [4.78, 5) is 9.76. The van der Waals surface area contributed by atoms with Crippen LogP contribution in [-0.2, 0) is 6.16 Å². The summed E-state index contributed by atoms with van der Waals surface area (Å²) in [6.45, 7) is 2.01. The van der Waals surface area contributed by atoms with Gasteiger partial charge in [-0.3, -0.25) is 0 Å². The topological polar surface area (TPSA) is 43.1 Å². The van der Waals surface area contributed by atoms with Gasteiger partial charge in [0.1, 0.15) is 0 Å². The van der Waals surface area contributed by atoms with E-state index in [2.05, 4.69) is 102 Å². The monoisotopic (exact) mass is 460 g/mol. The number of hydrogen-bond donors (Lipinski definition) is 0. The second-order valence-electron chi connectivity index (χ2n) is 8.68. The Labute approximate surface area is 199 Å². The molecule has 0 N–H and O–H groups in total. The van der Waals surface area contributed by atoms with Crippen LogP contribution in [0.4, 0.5) is 0 Å². The van der Waals surface area contributed by atoms with Gasteiger partial charge in [-0.05, 0) is 0 Å². The maximum atomic E-state index is 5.08. The second kappa shape index (κ2) is 8.48. The van der Waals surface area contributed by atoms with Crippen LogP contribution in [0, 0.1) is 6.92 Å². The molecule has 0 amide bonds. The number of hydrogen-bond acceptors (Lipinski definition) is 3. The Balaban J connectivity index is 1.60. The van der Waals surface area contributed by atoms with Crippen molar-refractivity contribution in [2.45, 2.75) is 13.1 Å². The molecule has 0 atom stereocenters. The van der Waals surface area contributed by atoms with E-state index < -0.39 is 7.26 Å². The fourth-order valence-electron chi connectivity index (χ4n) is 4.98. The van der Waals surface area contributed by atoms with Crippen molar-refractivity contribution in [2.75, 3.05) is 0 Å². The molecule has 0 saturated carbocycles. The van der Waals surface area contributed by atoms with E-state index in [1.165, 1.54) is 15.9 Å². The predicted molar refractivity (Wildman–Crippen MR) is 143 cm³/mol. The van der Waals surface area contributed by atoms with E-state index in [1.807, 2.05) is 29.8 Å². The van der Waals surface area contributed by atoms with E-state index in [-0.39, 0.29) is 0 Å². The van der Waals surface area contributed by atoms with E-state index in [9.17, 15) is 0 Å². The number of aromatic nitrogens is 4. The molecule has 0 spiro atoms. The summed E-state index contributed by atoms with van der Waals surface area (Å²) in [5, 5.41) is 10.1. The molecule has 3 aromatic carbocycles.